The molecule has 5 heteroatoms. The fraction of sp³-hybridized carbons (Fsp3) is 0.692. The minimum atomic E-state index is -0.533. The molecular formula is C13H23N3O2. The van der Waals surface area contributed by atoms with Crippen LogP contribution in [0.1, 0.15) is 47.6 Å². The molecule has 0 fully saturated rings. The second-order valence-electron chi connectivity index (χ2n) is 5.75. The third-order valence-electron chi connectivity index (χ3n) is 2.29. The van der Waals surface area contributed by atoms with Gasteiger partial charge in [0.2, 0.25) is 0 Å². The maximum absolute atomic E-state index is 11.8. The van der Waals surface area contributed by atoms with Gasteiger partial charge >= 0.3 is 0 Å². The van der Waals surface area contributed by atoms with Crippen molar-refractivity contribution < 1.29 is 9.53 Å². The molecule has 1 aromatic heterocycles. The summed E-state index contributed by atoms with van der Waals surface area (Å²) in [6.45, 7) is 11.6. The van der Waals surface area contributed by atoms with Gasteiger partial charge in [-0.1, -0.05) is 0 Å². The van der Waals surface area contributed by atoms with E-state index in [0.717, 1.165) is 0 Å². The van der Waals surface area contributed by atoms with Crippen molar-refractivity contribution in [2.24, 2.45) is 0 Å². The molecule has 1 atom stereocenters. The lowest BCUT2D eigenvalue weighted by atomic mass is 10.1. The normalized spacial score (nSPS) is 13.5. The van der Waals surface area contributed by atoms with Crippen molar-refractivity contribution in [1.29, 1.82) is 0 Å². The number of nitrogens with zero attached hydrogens (tertiary/aromatic N) is 2. The summed E-state index contributed by atoms with van der Waals surface area (Å²) in [6, 6.07) is 0.279. The molecule has 0 radical (unpaired) electrons. The van der Waals surface area contributed by atoms with E-state index in [1.165, 1.54) is 0 Å². The van der Waals surface area contributed by atoms with Crippen LogP contribution in [-0.4, -0.2) is 27.3 Å². The fourth-order valence-electron chi connectivity index (χ4n) is 1.39. The Morgan fingerprint density at radius 1 is 1.39 bits per heavy atom. The zero-order chi connectivity index (χ0) is 13.9. The average molecular weight is 253 g/mol. The van der Waals surface area contributed by atoms with Crippen LogP contribution in [0.2, 0.25) is 0 Å². The number of ether oxygens (including phenoxy) is 1. The van der Waals surface area contributed by atoms with Crippen LogP contribution in [0, 0.1) is 0 Å². The molecule has 102 valence electrons. The second-order valence-corrected chi connectivity index (χ2v) is 5.75. The highest BCUT2D eigenvalue weighted by atomic mass is 16.5. The monoisotopic (exact) mass is 253 g/mol. The molecule has 1 heterocycles. The lowest BCUT2D eigenvalue weighted by Gasteiger charge is -2.23. The minimum Gasteiger partial charge on any atom is -0.478 e. The Labute approximate surface area is 109 Å². The minimum absolute atomic E-state index is 0.125. The van der Waals surface area contributed by atoms with E-state index in [1.54, 1.807) is 24.0 Å². The second kappa shape index (κ2) is 5.42. The van der Waals surface area contributed by atoms with Crippen LogP contribution in [0.25, 0.3) is 0 Å². The van der Waals surface area contributed by atoms with Gasteiger partial charge < -0.3 is 10.1 Å². The van der Waals surface area contributed by atoms with Gasteiger partial charge in [0.05, 0.1) is 12.4 Å². The molecule has 0 aliphatic heterocycles. The summed E-state index contributed by atoms with van der Waals surface area (Å²) >= 11 is 0. The van der Waals surface area contributed by atoms with Gasteiger partial charge in [-0.25, -0.2) is 0 Å². The molecule has 0 saturated carbocycles. The topological polar surface area (TPSA) is 56.2 Å². The Morgan fingerprint density at radius 3 is 2.44 bits per heavy atom. The first-order chi connectivity index (χ1) is 8.19. The van der Waals surface area contributed by atoms with Gasteiger partial charge in [0.25, 0.3) is 5.91 Å². The summed E-state index contributed by atoms with van der Waals surface area (Å²) in [4.78, 5) is 11.8. The van der Waals surface area contributed by atoms with Crippen molar-refractivity contribution >= 4 is 5.91 Å². The van der Waals surface area contributed by atoms with E-state index in [2.05, 4.69) is 10.4 Å². The van der Waals surface area contributed by atoms with Crippen molar-refractivity contribution in [3.05, 3.63) is 12.4 Å². The summed E-state index contributed by atoms with van der Waals surface area (Å²) in [5.74, 6) is 0.486. The number of carbonyl (C=O) groups is 1. The number of rotatable bonds is 4. The number of nitrogens with one attached hydrogen (secondary N) is 1. The lowest BCUT2D eigenvalue weighted by Crippen LogP contribution is -2.46. The van der Waals surface area contributed by atoms with Gasteiger partial charge in [0.1, 0.15) is 0 Å². The molecule has 1 aromatic rings. The molecule has 1 amide bonds. The first-order valence-electron chi connectivity index (χ1n) is 6.22. The van der Waals surface area contributed by atoms with Crippen LogP contribution < -0.4 is 10.1 Å². The summed E-state index contributed by atoms with van der Waals surface area (Å²) < 4.78 is 7.35. The van der Waals surface area contributed by atoms with Gasteiger partial charge in [-0.05, 0) is 41.5 Å². The fourth-order valence-corrected chi connectivity index (χ4v) is 1.39. The standard InChI is InChI=1S/C13H23N3O2/c1-9(2)16-8-11(7-14-16)18-10(3)12(17)15-13(4,5)6/h7-10H,1-6H3,(H,15,17). The zero-order valence-electron chi connectivity index (χ0n) is 12.0. The van der Waals surface area contributed by atoms with Gasteiger partial charge in [0.15, 0.2) is 11.9 Å². The Hall–Kier alpha value is -1.52. The van der Waals surface area contributed by atoms with Crippen molar-refractivity contribution in [3.8, 4) is 5.75 Å². The SMILES string of the molecule is CC(Oc1cnn(C(C)C)c1)C(=O)NC(C)(C)C. The van der Waals surface area contributed by atoms with E-state index in [4.69, 9.17) is 4.74 Å². The van der Waals surface area contributed by atoms with Gasteiger partial charge in [-0.15, -0.1) is 0 Å². The van der Waals surface area contributed by atoms with E-state index in [-0.39, 0.29) is 17.5 Å². The molecule has 1 unspecified atom stereocenters. The molecule has 0 bridgehead atoms. The van der Waals surface area contributed by atoms with Crippen LogP contribution in [-0.2, 0) is 4.79 Å². The zero-order valence-corrected chi connectivity index (χ0v) is 12.0. The van der Waals surface area contributed by atoms with E-state index in [1.807, 2.05) is 34.6 Å². The van der Waals surface area contributed by atoms with Crippen molar-refractivity contribution in [2.75, 3.05) is 0 Å². The number of amides is 1. The molecule has 0 spiro atoms. The Bertz CT molecular complexity index is 405. The van der Waals surface area contributed by atoms with Crippen LogP contribution in [0.4, 0.5) is 0 Å². The number of aromatic nitrogens is 2. The van der Waals surface area contributed by atoms with E-state index < -0.39 is 6.10 Å². The largest absolute Gasteiger partial charge is 0.478 e. The maximum Gasteiger partial charge on any atom is 0.261 e. The Morgan fingerprint density at radius 2 is 2.00 bits per heavy atom. The highest BCUT2D eigenvalue weighted by molar-refractivity contribution is 5.81. The summed E-state index contributed by atoms with van der Waals surface area (Å²) in [5.41, 5.74) is -0.253. The number of carbonyl (C=O) groups excluding carboxylic acids is 1. The molecule has 0 aliphatic carbocycles. The van der Waals surface area contributed by atoms with Crippen molar-refractivity contribution in [3.63, 3.8) is 0 Å². The van der Waals surface area contributed by atoms with E-state index in [0.29, 0.717) is 5.75 Å². The molecule has 18 heavy (non-hydrogen) atoms. The quantitative estimate of drug-likeness (QED) is 0.894. The number of hydrogen-bond acceptors (Lipinski definition) is 3. The van der Waals surface area contributed by atoms with Gasteiger partial charge in [-0.2, -0.15) is 5.10 Å². The van der Waals surface area contributed by atoms with Crippen LogP contribution in [0.15, 0.2) is 12.4 Å². The molecule has 0 saturated heterocycles. The highest BCUT2D eigenvalue weighted by Gasteiger charge is 2.20. The first-order valence-corrected chi connectivity index (χ1v) is 6.22. The maximum atomic E-state index is 11.8. The molecule has 1 rings (SSSR count). The molecule has 0 aromatic carbocycles. The molecular weight excluding hydrogens is 230 g/mol. The van der Waals surface area contributed by atoms with Crippen molar-refractivity contribution in [2.45, 2.75) is 59.2 Å². The summed E-state index contributed by atoms with van der Waals surface area (Å²) in [6.07, 6.45) is 2.89. The molecule has 5 nitrogen and oxygen atoms in total. The lowest BCUT2D eigenvalue weighted by molar-refractivity contribution is -0.128. The molecule has 0 aliphatic rings. The van der Waals surface area contributed by atoms with Crippen LogP contribution in [0.5, 0.6) is 5.75 Å². The summed E-state index contributed by atoms with van der Waals surface area (Å²) in [7, 11) is 0. The number of hydrogen-bond donors (Lipinski definition) is 1. The van der Waals surface area contributed by atoms with E-state index in [9.17, 15) is 4.79 Å². The predicted octanol–water partition coefficient (Wildman–Crippen LogP) is 2.15. The van der Waals surface area contributed by atoms with Gasteiger partial charge in [-0.3, -0.25) is 9.48 Å². The van der Waals surface area contributed by atoms with Gasteiger partial charge in [0, 0.05) is 11.6 Å². The third kappa shape index (κ3) is 4.39. The van der Waals surface area contributed by atoms with E-state index >= 15 is 0 Å². The summed E-state index contributed by atoms with van der Waals surface area (Å²) in [5, 5.41) is 7.04. The third-order valence-corrected chi connectivity index (χ3v) is 2.29. The Kier molecular flexibility index (Phi) is 4.38. The Balaban J connectivity index is 2.58. The molecule has 1 N–H and O–H groups in total. The van der Waals surface area contributed by atoms with Crippen LogP contribution >= 0.6 is 0 Å². The van der Waals surface area contributed by atoms with Crippen LogP contribution in [0.3, 0.4) is 0 Å². The predicted molar refractivity (Wildman–Crippen MR) is 70.6 cm³/mol. The first kappa shape index (κ1) is 14.5. The average Bonchev–Trinajstić information content (AvgIpc) is 2.63. The van der Waals surface area contributed by atoms with Crippen molar-refractivity contribution in [1.82, 2.24) is 15.1 Å². The smallest absolute Gasteiger partial charge is 0.261 e. The highest BCUT2D eigenvalue weighted by Crippen LogP contribution is 2.14.